The lowest BCUT2D eigenvalue weighted by atomic mass is 9.85. The molecule has 0 bridgehead atoms. The van der Waals surface area contributed by atoms with Gasteiger partial charge in [0.2, 0.25) is 0 Å². The number of carboxylic acids is 1. The van der Waals surface area contributed by atoms with E-state index in [4.69, 9.17) is 5.11 Å². The second-order valence-corrected chi connectivity index (χ2v) is 3.46. The molecule has 0 radical (unpaired) electrons. The van der Waals surface area contributed by atoms with Crippen molar-refractivity contribution in [2.45, 2.75) is 31.9 Å². The van der Waals surface area contributed by atoms with Crippen molar-refractivity contribution in [2.75, 3.05) is 0 Å². The molecule has 80 valence electrons. The SMILES string of the molecule is O=C(O)C=C1CCC(C(F)(F)F)CC1. The Bertz CT molecular complexity index is 245. The number of carbonyl (C=O) groups is 1. The molecule has 0 aliphatic heterocycles. The maximum atomic E-state index is 12.2. The fourth-order valence-electron chi connectivity index (χ4n) is 1.63. The summed E-state index contributed by atoms with van der Waals surface area (Å²) in [5.41, 5.74) is 0.609. The minimum Gasteiger partial charge on any atom is -0.478 e. The van der Waals surface area contributed by atoms with Gasteiger partial charge >= 0.3 is 12.1 Å². The standard InChI is InChI=1S/C9H11F3O2/c10-9(11,12)7-3-1-6(2-4-7)5-8(13)14/h5,7H,1-4H2,(H,13,14). The van der Waals surface area contributed by atoms with E-state index < -0.39 is 18.1 Å². The Kier molecular flexibility index (Phi) is 3.18. The normalized spacial score (nSPS) is 23.4. The van der Waals surface area contributed by atoms with Gasteiger partial charge in [-0.1, -0.05) is 5.57 Å². The average molecular weight is 208 g/mol. The fourth-order valence-corrected chi connectivity index (χ4v) is 1.63. The molecule has 0 atom stereocenters. The number of aliphatic carboxylic acids is 1. The molecule has 1 N–H and O–H groups in total. The van der Waals surface area contributed by atoms with Crippen LogP contribution in [0.15, 0.2) is 11.6 Å². The highest BCUT2D eigenvalue weighted by Crippen LogP contribution is 2.39. The Labute approximate surface area is 79.4 Å². The summed E-state index contributed by atoms with van der Waals surface area (Å²) in [6.45, 7) is 0. The highest BCUT2D eigenvalue weighted by molar-refractivity contribution is 5.80. The lowest BCUT2D eigenvalue weighted by Crippen LogP contribution is -2.25. The second-order valence-electron chi connectivity index (χ2n) is 3.46. The molecular formula is C9H11F3O2. The monoisotopic (exact) mass is 208 g/mol. The zero-order valence-corrected chi connectivity index (χ0v) is 7.47. The Morgan fingerprint density at radius 3 is 2.21 bits per heavy atom. The van der Waals surface area contributed by atoms with Crippen LogP contribution in [-0.2, 0) is 4.79 Å². The molecule has 2 nitrogen and oxygen atoms in total. The van der Waals surface area contributed by atoms with E-state index in [0.717, 1.165) is 6.08 Å². The number of hydrogen-bond acceptors (Lipinski definition) is 1. The summed E-state index contributed by atoms with van der Waals surface area (Å²) in [5, 5.41) is 8.39. The van der Waals surface area contributed by atoms with Crippen LogP contribution in [0, 0.1) is 5.92 Å². The van der Waals surface area contributed by atoms with Gasteiger partial charge < -0.3 is 5.11 Å². The van der Waals surface area contributed by atoms with Crippen LogP contribution < -0.4 is 0 Å². The number of carboxylic acid groups (broad SMARTS) is 1. The summed E-state index contributed by atoms with van der Waals surface area (Å²) in [6, 6.07) is 0. The molecule has 0 amide bonds. The van der Waals surface area contributed by atoms with E-state index >= 15 is 0 Å². The Balaban J connectivity index is 2.51. The number of allylic oxidation sites excluding steroid dienone is 1. The Morgan fingerprint density at radius 2 is 1.86 bits per heavy atom. The highest BCUT2D eigenvalue weighted by Gasteiger charge is 2.40. The molecule has 0 saturated heterocycles. The van der Waals surface area contributed by atoms with Gasteiger partial charge in [-0.2, -0.15) is 13.2 Å². The first-order valence-corrected chi connectivity index (χ1v) is 4.38. The van der Waals surface area contributed by atoms with Gasteiger partial charge in [0, 0.05) is 6.08 Å². The molecule has 0 heterocycles. The predicted molar refractivity (Wildman–Crippen MR) is 43.7 cm³/mol. The zero-order valence-electron chi connectivity index (χ0n) is 7.47. The van der Waals surface area contributed by atoms with Crippen molar-refractivity contribution in [1.82, 2.24) is 0 Å². The predicted octanol–water partition coefficient (Wildman–Crippen LogP) is 2.75. The van der Waals surface area contributed by atoms with Crippen LogP contribution in [0.3, 0.4) is 0 Å². The molecule has 1 aliphatic carbocycles. The maximum Gasteiger partial charge on any atom is 0.391 e. The number of rotatable bonds is 1. The average Bonchev–Trinajstić information content (AvgIpc) is 2.02. The molecule has 0 unspecified atom stereocenters. The molecule has 1 aliphatic rings. The smallest absolute Gasteiger partial charge is 0.391 e. The van der Waals surface area contributed by atoms with E-state index in [1.54, 1.807) is 0 Å². The van der Waals surface area contributed by atoms with Gasteiger partial charge in [0.05, 0.1) is 5.92 Å². The third-order valence-electron chi connectivity index (χ3n) is 2.42. The lowest BCUT2D eigenvalue weighted by molar-refractivity contribution is -0.179. The van der Waals surface area contributed by atoms with Crippen LogP contribution in [0.4, 0.5) is 13.2 Å². The molecule has 5 heteroatoms. The summed E-state index contributed by atoms with van der Waals surface area (Å²) in [5.74, 6) is -2.33. The minimum absolute atomic E-state index is 0.0165. The van der Waals surface area contributed by atoms with Crippen LogP contribution in [-0.4, -0.2) is 17.3 Å². The van der Waals surface area contributed by atoms with Gasteiger partial charge in [0.25, 0.3) is 0 Å². The quantitative estimate of drug-likeness (QED) is 0.673. The first-order chi connectivity index (χ1) is 6.39. The van der Waals surface area contributed by atoms with Crippen LogP contribution in [0.2, 0.25) is 0 Å². The summed E-state index contributed by atoms with van der Waals surface area (Å²) in [6.07, 6.45) is -2.58. The van der Waals surface area contributed by atoms with Crippen LogP contribution in [0.5, 0.6) is 0 Å². The summed E-state index contributed by atoms with van der Waals surface area (Å²) >= 11 is 0. The molecular weight excluding hydrogens is 197 g/mol. The van der Waals surface area contributed by atoms with E-state index in [2.05, 4.69) is 0 Å². The largest absolute Gasteiger partial charge is 0.478 e. The first-order valence-electron chi connectivity index (χ1n) is 4.38. The van der Waals surface area contributed by atoms with E-state index in [1.807, 2.05) is 0 Å². The van der Waals surface area contributed by atoms with Crippen LogP contribution in [0.1, 0.15) is 25.7 Å². The molecule has 1 rings (SSSR count). The van der Waals surface area contributed by atoms with Crippen LogP contribution >= 0.6 is 0 Å². The van der Waals surface area contributed by atoms with Gasteiger partial charge in [-0.3, -0.25) is 0 Å². The minimum atomic E-state index is -4.13. The van der Waals surface area contributed by atoms with E-state index in [-0.39, 0.29) is 25.7 Å². The van der Waals surface area contributed by atoms with Crippen molar-refractivity contribution in [3.63, 3.8) is 0 Å². The van der Waals surface area contributed by atoms with Gasteiger partial charge in [-0.05, 0) is 25.7 Å². The first kappa shape index (κ1) is 11.1. The maximum absolute atomic E-state index is 12.2. The van der Waals surface area contributed by atoms with Crippen molar-refractivity contribution >= 4 is 5.97 Å². The highest BCUT2D eigenvalue weighted by atomic mass is 19.4. The molecule has 1 saturated carbocycles. The lowest BCUT2D eigenvalue weighted by Gasteiger charge is -2.25. The van der Waals surface area contributed by atoms with Gasteiger partial charge in [-0.25, -0.2) is 4.79 Å². The third-order valence-corrected chi connectivity index (χ3v) is 2.42. The topological polar surface area (TPSA) is 37.3 Å². The molecule has 0 aromatic heterocycles. The zero-order chi connectivity index (χ0) is 10.8. The van der Waals surface area contributed by atoms with Crippen molar-refractivity contribution in [1.29, 1.82) is 0 Å². The van der Waals surface area contributed by atoms with Crippen molar-refractivity contribution in [2.24, 2.45) is 5.92 Å². The van der Waals surface area contributed by atoms with Crippen molar-refractivity contribution < 1.29 is 23.1 Å². The van der Waals surface area contributed by atoms with Gasteiger partial charge in [-0.15, -0.1) is 0 Å². The van der Waals surface area contributed by atoms with E-state index in [9.17, 15) is 18.0 Å². The molecule has 14 heavy (non-hydrogen) atoms. The van der Waals surface area contributed by atoms with Crippen LogP contribution in [0.25, 0.3) is 0 Å². The number of halogens is 3. The number of alkyl halides is 3. The summed E-state index contributed by atoms with van der Waals surface area (Å²) in [4.78, 5) is 10.2. The number of hydrogen-bond donors (Lipinski definition) is 1. The van der Waals surface area contributed by atoms with E-state index in [0.29, 0.717) is 5.57 Å². The van der Waals surface area contributed by atoms with Crippen molar-refractivity contribution in [3.8, 4) is 0 Å². The van der Waals surface area contributed by atoms with E-state index in [1.165, 1.54) is 0 Å². The second kappa shape index (κ2) is 4.02. The molecule has 1 fully saturated rings. The molecule has 0 aromatic rings. The fraction of sp³-hybridized carbons (Fsp3) is 0.667. The summed E-state index contributed by atoms with van der Waals surface area (Å²) in [7, 11) is 0. The Morgan fingerprint density at radius 1 is 1.36 bits per heavy atom. The third kappa shape index (κ3) is 3.05. The molecule has 0 spiro atoms. The Hall–Kier alpha value is -1.00. The van der Waals surface area contributed by atoms with Crippen molar-refractivity contribution in [3.05, 3.63) is 11.6 Å². The molecule has 0 aromatic carbocycles. The summed E-state index contributed by atoms with van der Waals surface area (Å²) < 4.78 is 36.6. The van der Waals surface area contributed by atoms with Gasteiger partial charge in [0.15, 0.2) is 0 Å². The van der Waals surface area contributed by atoms with Gasteiger partial charge in [0.1, 0.15) is 0 Å².